The predicted molar refractivity (Wildman–Crippen MR) is 75.1 cm³/mol. The average Bonchev–Trinajstić information content (AvgIpc) is 2.57. The first-order valence-corrected chi connectivity index (χ1v) is 6.68. The molecule has 2 aromatic rings. The van der Waals surface area contributed by atoms with Gasteiger partial charge in [-0.05, 0) is 44.5 Å². The van der Waals surface area contributed by atoms with Gasteiger partial charge in [-0.2, -0.15) is 0 Å². The smallest absolute Gasteiger partial charge is 0.112 e. The van der Waals surface area contributed by atoms with Crippen molar-refractivity contribution in [3.8, 4) is 0 Å². The van der Waals surface area contributed by atoms with Gasteiger partial charge in [0.05, 0.1) is 12.2 Å². The maximum Gasteiger partial charge on any atom is 0.112 e. The van der Waals surface area contributed by atoms with Gasteiger partial charge in [0.15, 0.2) is 0 Å². The molecule has 0 aliphatic heterocycles. The number of hydrogen-bond donors (Lipinski definition) is 1. The summed E-state index contributed by atoms with van der Waals surface area (Å²) in [4.78, 5) is 5.79. The molecule has 0 spiro atoms. The van der Waals surface area contributed by atoms with Gasteiger partial charge in [-0.25, -0.2) is 4.98 Å². The molecule has 0 saturated heterocycles. The predicted octanol–water partition coefficient (Wildman–Crippen LogP) is 4.33. The standard InChI is InChI=1S/C13H15ClN2S/c1-8-6-11(14)4-5-12(8)15-7-13-16-9(2)10(3)17-13/h4-6,15H,7H2,1-3H3. The van der Waals surface area contributed by atoms with E-state index in [4.69, 9.17) is 11.6 Å². The summed E-state index contributed by atoms with van der Waals surface area (Å²) in [5.41, 5.74) is 3.39. The molecule has 1 aromatic carbocycles. The molecule has 0 unspecified atom stereocenters. The number of halogens is 1. The van der Waals surface area contributed by atoms with E-state index in [9.17, 15) is 0 Å². The number of benzene rings is 1. The van der Waals surface area contributed by atoms with Crippen LogP contribution in [0.15, 0.2) is 18.2 Å². The van der Waals surface area contributed by atoms with E-state index >= 15 is 0 Å². The van der Waals surface area contributed by atoms with Crippen LogP contribution in [-0.4, -0.2) is 4.98 Å². The maximum atomic E-state index is 5.92. The van der Waals surface area contributed by atoms with Crippen LogP contribution in [0, 0.1) is 20.8 Å². The average molecular weight is 267 g/mol. The zero-order valence-electron chi connectivity index (χ0n) is 10.2. The van der Waals surface area contributed by atoms with E-state index in [0.717, 1.165) is 33.5 Å². The molecule has 17 heavy (non-hydrogen) atoms. The van der Waals surface area contributed by atoms with E-state index in [0.29, 0.717) is 0 Å². The topological polar surface area (TPSA) is 24.9 Å². The molecule has 0 aliphatic rings. The minimum Gasteiger partial charge on any atom is -0.378 e. The first-order chi connectivity index (χ1) is 8.06. The third-order valence-corrected chi connectivity index (χ3v) is 4.00. The second-order valence-electron chi connectivity index (χ2n) is 4.06. The lowest BCUT2D eigenvalue weighted by Gasteiger charge is -2.08. The number of aryl methyl sites for hydroxylation is 3. The van der Waals surface area contributed by atoms with Crippen molar-refractivity contribution in [3.63, 3.8) is 0 Å². The highest BCUT2D eigenvalue weighted by Gasteiger charge is 2.04. The number of nitrogens with one attached hydrogen (secondary N) is 1. The fourth-order valence-electron chi connectivity index (χ4n) is 1.61. The van der Waals surface area contributed by atoms with Crippen molar-refractivity contribution in [3.05, 3.63) is 44.4 Å². The molecule has 1 N–H and O–H groups in total. The highest BCUT2D eigenvalue weighted by molar-refractivity contribution is 7.11. The van der Waals surface area contributed by atoms with Crippen molar-refractivity contribution in [2.24, 2.45) is 0 Å². The summed E-state index contributed by atoms with van der Waals surface area (Å²) in [7, 11) is 0. The molecular weight excluding hydrogens is 252 g/mol. The molecule has 2 nitrogen and oxygen atoms in total. The van der Waals surface area contributed by atoms with Crippen LogP contribution in [0.1, 0.15) is 21.1 Å². The summed E-state index contributed by atoms with van der Waals surface area (Å²) in [5.74, 6) is 0. The van der Waals surface area contributed by atoms with Gasteiger partial charge >= 0.3 is 0 Å². The summed E-state index contributed by atoms with van der Waals surface area (Å²) >= 11 is 7.66. The largest absolute Gasteiger partial charge is 0.378 e. The molecule has 1 heterocycles. The third kappa shape index (κ3) is 2.99. The zero-order chi connectivity index (χ0) is 12.4. The molecule has 0 aliphatic carbocycles. The lowest BCUT2D eigenvalue weighted by atomic mass is 10.2. The minimum absolute atomic E-state index is 0.766. The Morgan fingerprint density at radius 3 is 2.65 bits per heavy atom. The second-order valence-corrected chi connectivity index (χ2v) is 5.79. The Morgan fingerprint density at radius 2 is 2.06 bits per heavy atom. The molecule has 4 heteroatoms. The van der Waals surface area contributed by atoms with Gasteiger partial charge in [-0.1, -0.05) is 11.6 Å². The number of anilines is 1. The normalized spacial score (nSPS) is 10.6. The molecule has 0 atom stereocenters. The molecule has 0 saturated carbocycles. The Labute approximate surface area is 111 Å². The van der Waals surface area contributed by atoms with Gasteiger partial charge in [-0.15, -0.1) is 11.3 Å². The van der Waals surface area contributed by atoms with Crippen molar-refractivity contribution in [2.75, 3.05) is 5.32 Å². The molecule has 2 rings (SSSR count). The number of rotatable bonds is 3. The first-order valence-electron chi connectivity index (χ1n) is 5.49. The number of thiazole rings is 1. The van der Waals surface area contributed by atoms with Crippen LogP contribution in [0.4, 0.5) is 5.69 Å². The van der Waals surface area contributed by atoms with Crippen LogP contribution in [0.5, 0.6) is 0 Å². The van der Waals surface area contributed by atoms with Crippen molar-refractivity contribution in [1.82, 2.24) is 4.98 Å². The lowest BCUT2D eigenvalue weighted by molar-refractivity contribution is 1.07. The van der Waals surface area contributed by atoms with Crippen molar-refractivity contribution >= 4 is 28.6 Å². The molecule has 0 bridgehead atoms. The van der Waals surface area contributed by atoms with E-state index in [-0.39, 0.29) is 0 Å². The summed E-state index contributed by atoms with van der Waals surface area (Å²) in [6, 6.07) is 5.86. The molecule has 1 aromatic heterocycles. The number of hydrogen-bond acceptors (Lipinski definition) is 3. The Kier molecular flexibility index (Phi) is 3.69. The summed E-state index contributed by atoms with van der Waals surface area (Å²) < 4.78 is 0. The van der Waals surface area contributed by atoms with E-state index in [1.807, 2.05) is 32.0 Å². The van der Waals surface area contributed by atoms with Crippen LogP contribution >= 0.6 is 22.9 Å². The van der Waals surface area contributed by atoms with Crippen LogP contribution in [-0.2, 0) is 6.54 Å². The van der Waals surface area contributed by atoms with Crippen molar-refractivity contribution < 1.29 is 0 Å². The van der Waals surface area contributed by atoms with Crippen molar-refractivity contribution in [2.45, 2.75) is 27.3 Å². The highest BCUT2D eigenvalue weighted by atomic mass is 35.5. The highest BCUT2D eigenvalue weighted by Crippen LogP contribution is 2.22. The minimum atomic E-state index is 0.766. The molecule has 0 amide bonds. The summed E-state index contributed by atoms with van der Waals surface area (Å²) in [6.45, 7) is 6.96. The maximum absolute atomic E-state index is 5.92. The number of aromatic nitrogens is 1. The molecule has 0 radical (unpaired) electrons. The Morgan fingerprint density at radius 1 is 1.29 bits per heavy atom. The van der Waals surface area contributed by atoms with Crippen molar-refractivity contribution in [1.29, 1.82) is 0 Å². The summed E-state index contributed by atoms with van der Waals surface area (Å²) in [6.07, 6.45) is 0. The molecule has 0 fully saturated rings. The van der Waals surface area contributed by atoms with Gasteiger partial charge < -0.3 is 5.32 Å². The Balaban J connectivity index is 2.07. The third-order valence-electron chi connectivity index (χ3n) is 2.69. The summed E-state index contributed by atoms with van der Waals surface area (Å²) in [5, 5.41) is 5.28. The van der Waals surface area contributed by atoms with E-state index in [1.54, 1.807) is 11.3 Å². The van der Waals surface area contributed by atoms with Crippen LogP contribution in [0.3, 0.4) is 0 Å². The fourth-order valence-corrected chi connectivity index (χ4v) is 2.71. The number of nitrogens with zero attached hydrogens (tertiary/aromatic N) is 1. The first kappa shape index (κ1) is 12.4. The van der Waals surface area contributed by atoms with Gasteiger partial charge in [-0.3, -0.25) is 0 Å². The molecule has 90 valence electrons. The fraction of sp³-hybridized carbons (Fsp3) is 0.308. The lowest BCUT2D eigenvalue weighted by Crippen LogP contribution is -2.00. The van der Waals surface area contributed by atoms with Gasteiger partial charge in [0.1, 0.15) is 5.01 Å². The monoisotopic (exact) mass is 266 g/mol. The van der Waals surface area contributed by atoms with Crippen LogP contribution in [0.2, 0.25) is 5.02 Å². The van der Waals surface area contributed by atoms with Gasteiger partial charge in [0.25, 0.3) is 0 Å². The zero-order valence-corrected chi connectivity index (χ0v) is 11.7. The SMILES string of the molecule is Cc1cc(Cl)ccc1NCc1nc(C)c(C)s1. The quantitative estimate of drug-likeness (QED) is 0.894. The molecular formula is C13H15ClN2S. The van der Waals surface area contributed by atoms with Gasteiger partial charge in [0.2, 0.25) is 0 Å². The second kappa shape index (κ2) is 5.07. The Bertz CT molecular complexity index is 515. The van der Waals surface area contributed by atoms with Crippen LogP contribution in [0.25, 0.3) is 0 Å². The van der Waals surface area contributed by atoms with E-state index in [1.165, 1.54) is 4.88 Å². The van der Waals surface area contributed by atoms with E-state index < -0.39 is 0 Å². The van der Waals surface area contributed by atoms with Crippen LogP contribution < -0.4 is 5.32 Å². The van der Waals surface area contributed by atoms with E-state index in [2.05, 4.69) is 17.2 Å². The van der Waals surface area contributed by atoms with Gasteiger partial charge in [0, 0.05) is 15.6 Å². The Hall–Kier alpha value is -1.06.